The zero-order valence-electron chi connectivity index (χ0n) is 11.1. The summed E-state index contributed by atoms with van der Waals surface area (Å²) in [4.78, 5) is 4.26. The number of nitrogens with two attached hydrogens (primary N) is 1. The van der Waals surface area contributed by atoms with Crippen LogP contribution in [0.1, 0.15) is 24.2 Å². The van der Waals surface area contributed by atoms with E-state index in [4.69, 9.17) is 17.3 Å². The number of nitrogens with zero attached hydrogens (tertiary/aromatic N) is 1. The maximum Gasteiger partial charge on any atom is 0.123 e. The van der Waals surface area contributed by atoms with Crippen LogP contribution in [0.2, 0.25) is 5.02 Å². The first kappa shape index (κ1) is 15.3. The van der Waals surface area contributed by atoms with E-state index in [1.165, 1.54) is 23.9 Å². The quantitative estimate of drug-likeness (QED) is 0.830. The van der Waals surface area contributed by atoms with Crippen LogP contribution in [0.15, 0.2) is 47.6 Å². The third kappa shape index (κ3) is 3.95. The van der Waals surface area contributed by atoms with Crippen molar-refractivity contribution in [2.24, 2.45) is 5.73 Å². The number of hydrogen-bond donors (Lipinski definition) is 1. The molecule has 0 amide bonds. The molecule has 0 aliphatic rings. The molecule has 0 radical (unpaired) electrons. The molecule has 2 N–H and O–H groups in total. The average molecular weight is 311 g/mol. The predicted octanol–water partition coefficient (Wildman–Crippen LogP) is 4.44. The van der Waals surface area contributed by atoms with Gasteiger partial charge in [-0.25, -0.2) is 9.37 Å². The standard InChI is InChI=1S/C15H16ClFN2S/c1-2-13(18)15(10-4-3-5-12(17)8-10)20-14-7-6-11(16)9-19-14/h3-9,13,15H,2,18H2,1H3. The molecule has 2 aromatic rings. The van der Waals surface area contributed by atoms with E-state index >= 15 is 0 Å². The van der Waals surface area contributed by atoms with Gasteiger partial charge in [-0.3, -0.25) is 0 Å². The number of rotatable bonds is 5. The fraction of sp³-hybridized carbons (Fsp3) is 0.267. The van der Waals surface area contributed by atoms with Gasteiger partial charge in [-0.1, -0.05) is 42.4 Å². The lowest BCUT2D eigenvalue weighted by Crippen LogP contribution is -2.25. The van der Waals surface area contributed by atoms with E-state index in [2.05, 4.69) is 4.98 Å². The zero-order valence-corrected chi connectivity index (χ0v) is 12.7. The van der Waals surface area contributed by atoms with Crippen molar-refractivity contribution in [1.82, 2.24) is 4.98 Å². The molecule has 5 heteroatoms. The van der Waals surface area contributed by atoms with Crippen LogP contribution in [0.25, 0.3) is 0 Å². The smallest absolute Gasteiger partial charge is 0.123 e. The highest BCUT2D eigenvalue weighted by Crippen LogP contribution is 2.37. The van der Waals surface area contributed by atoms with Gasteiger partial charge in [-0.15, -0.1) is 0 Å². The van der Waals surface area contributed by atoms with Crippen LogP contribution in [-0.4, -0.2) is 11.0 Å². The topological polar surface area (TPSA) is 38.9 Å². The van der Waals surface area contributed by atoms with Gasteiger partial charge in [0.05, 0.1) is 15.3 Å². The molecule has 1 aromatic heterocycles. The van der Waals surface area contributed by atoms with E-state index in [1.54, 1.807) is 18.3 Å². The van der Waals surface area contributed by atoms with Gasteiger partial charge >= 0.3 is 0 Å². The Morgan fingerprint density at radius 1 is 1.35 bits per heavy atom. The van der Waals surface area contributed by atoms with Gasteiger partial charge in [0.15, 0.2) is 0 Å². The van der Waals surface area contributed by atoms with Crippen molar-refractivity contribution < 1.29 is 4.39 Å². The summed E-state index contributed by atoms with van der Waals surface area (Å²) in [6, 6.07) is 10.1. The van der Waals surface area contributed by atoms with Crippen LogP contribution in [0, 0.1) is 5.82 Å². The minimum absolute atomic E-state index is 0.0376. The fourth-order valence-electron chi connectivity index (χ4n) is 1.86. The van der Waals surface area contributed by atoms with Crippen molar-refractivity contribution in [3.05, 3.63) is 59.0 Å². The van der Waals surface area contributed by atoms with Crippen molar-refractivity contribution in [2.45, 2.75) is 29.7 Å². The van der Waals surface area contributed by atoms with Gasteiger partial charge in [-0.05, 0) is 36.2 Å². The second kappa shape index (κ2) is 7.07. The van der Waals surface area contributed by atoms with E-state index in [1.807, 2.05) is 19.1 Å². The fourth-order valence-corrected chi connectivity index (χ4v) is 3.14. The molecule has 106 valence electrons. The monoisotopic (exact) mass is 310 g/mol. The number of hydrogen-bond acceptors (Lipinski definition) is 3. The maximum absolute atomic E-state index is 13.4. The molecule has 0 fully saturated rings. The van der Waals surface area contributed by atoms with E-state index in [-0.39, 0.29) is 17.1 Å². The molecular formula is C15H16ClFN2S. The molecule has 0 saturated carbocycles. The molecule has 2 rings (SSSR count). The Labute approximate surface area is 127 Å². The Balaban J connectivity index is 2.26. The van der Waals surface area contributed by atoms with Gasteiger partial charge < -0.3 is 5.73 Å². The highest BCUT2D eigenvalue weighted by Gasteiger charge is 2.21. The summed E-state index contributed by atoms with van der Waals surface area (Å²) in [6.07, 6.45) is 2.41. The van der Waals surface area contributed by atoms with Crippen LogP contribution >= 0.6 is 23.4 Å². The Kier molecular flexibility index (Phi) is 5.40. The van der Waals surface area contributed by atoms with E-state index in [0.29, 0.717) is 5.02 Å². The first-order valence-corrected chi connectivity index (χ1v) is 7.65. The lowest BCUT2D eigenvalue weighted by Gasteiger charge is -2.22. The first-order valence-electron chi connectivity index (χ1n) is 6.39. The third-order valence-corrected chi connectivity index (χ3v) is 4.57. The van der Waals surface area contributed by atoms with Crippen molar-refractivity contribution in [3.63, 3.8) is 0 Å². The molecule has 2 nitrogen and oxygen atoms in total. The largest absolute Gasteiger partial charge is 0.326 e. The summed E-state index contributed by atoms with van der Waals surface area (Å²) in [5, 5.41) is 1.38. The van der Waals surface area contributed by atoms with Crippen LogP contribution in [0.3, 0.4) is 0 Å². The summed E-state index contributed by atoms with van der Waals surface area (Å²) >= 11 is 7.36. The van der Waals surface area contributed by atoms with E-state index in [0.717, 1.165) is 17.0 Å². The van der Waals surface area contributed by atoms with Gasteiger partial charge in [0.2, 0.25) is 0 Å². The average Bonchev–Trinajstić information content (AvgIpc) is 2.46. The molecule has 0 aliphatic carbocycles. The van der Waals surface area contributed by atoms with Crippen LogP contribution < -0.4 is 5.73 Å². The van der Waals surface area contributed by atoms with E-state index in [9.17, 15) is 4.39 Å². The van der Waals surface area contributed by atoms with Crippen LogP contribution in [0.4, 0.5) is 4.39 Å². The van der Waals surface area contributed by atoms with Gasteiger partial charge in [-0.2, -0.15) is 0 Å². The Morgan fingerprint density at radius 3 is 2.75 bits per heavy atom. The van der Waals surface area contributed by atoms with Crippen LogP contribution in [0.5, 0.6) is 0 Å². The predicted molar refractivity (Wildman–Crippen MR) is 82.5 cm³/mol. The number of halogens is 2. The number of benzene rings is 1. The highest BCUT2D eigenvalue weighted by molar-refractivity contribution is 7.99. The lowest BCUT2D eigenvalue weighted by atomic mass is 10.0. The molecule has 2 atom stereocenters. The summed E-state index contributed by atoms with van der Waals surface area (Å²) < 4.78 is 13.4. The maximum atomic E-state index is 13.4. The molecular weight excluding hydrogens is 295 g/mol. The molecule has 0 saturated heterocycles. The van der Waals surface area contributed by atoms with Gasteiger partial charge in [0.25, 0.3) is 0 Å². The second-order valence-electron chi connectivity index (χ2n) is 4.48. The molecule has 0 bridgehead atoms. The third-order valence-electron chi connectivity index (χ3n) is 2.99. The molecule has 1 heterocycles. The van der Waals surface area contributed by atoms with Crippen molar-refractivity contribution >= 4 is 23.4 Å². The number of thioether (sulfide) groups is 1. The highest BCUT2D eigenvalue weighted by atomic mass is 35.5. The summed E-state index contributed by atoms with van der Waals surface area (Å²) in [7, 11) is 0. The Morgan fingerprint density at radius 2 is 2.15 bits per heavy atom. The molecule has 0 aliphatic heterocycles. The molecule has 0 spiro atoms. The summed E-state index contributed by atoms with van der Waals surface area (Å²) in [5.41, 5.74) is 7.06. The second-order valence-corrected chi connectivity index (χ2v) is 6.08. The van der Waals surface area contributed by atoms with Gasteiger partial charge in [0, 0.05) is 12.2 Å². The minimum atomic E-state index is -0.250. The zero-order chi connectivity index (χ0) is 14.5. The Bertz CT molecular complexity index is 562. The molecule has 1 aromatic carbocycles. The summed E-state index contributed by atoms with van der Waals surface area (Å²) in [5.74, 6) is -0.250. The van der Waals surface area contributed by atoms with E-state index < -0.39 is 0 Å². The van der Waals surface area contributed by atoms with Crippen molar-refractivity contribution in [3.8, 4) is 0 Å². The first-order chi connectivity index (χ1) is 9.60. The normalized spacial score (nSPS) is 14.0. The van der Waals surface area contributed by atoms with Crippen molar-refractivity contribution in [1.29, 1.82) is 0 Å². The summed E-state index contributed by atoms with van der Waals surface area (Å²) in [6.45, 7) is 2.02. The van der Waals surface area contributed by atoms with Crippen LogP contribution in [-0.2, 0) is 0 Å². The molecule has 2 unspecified atom stereocenters. The Hall–Kier alpha value is -1.10. The lowest BCUT2D eigenvalue weighted by molar-refractivity contribution is 0.609. The number of pyridine rings is 1. The SMILES string of the molecule is CCC(N)C(Sc1ccc(Cl)cn1)c1cccc(F)c1. The van der Waals surface area contributed by atoms with Gasteiger partial charge in [0.1, 0.15) is 5.82 Å². The van der Waals surface area contributed by atoms with Crippen molar-refractivity contribution in [2.75, 3.05) is 0 Å². The molecule has 20 heavy (non-hydrogen) atoms. The minimum Gasteiger partial charge on any atom is -0.326 e. The number of aromatic nitrogens is 1.